The van der Waals surface area contributed by atoms with Crippen molar-refractivity contribution in [3.05, 3.63) is 76.3 Å². The number of carbonyl (C=O) groups is 1. The lowest BCUT2D eigenvalue weighted by Gasteiger charge is -2.14. The molecule has 0 saturated heterocycles. The van der Waals surface area contributed by atoms with Crippen LogP contribution in [0.25, 0.3) is 22.6 Å². The van der Waals surface area contributed by atoms with E-state index in [0.717, 1.165) is 11.1 Å². The summed E-state index contributed by atoms with van der Waals surface area (Å²) in [6.07, 6.45) is 0. The number of amides is 1. The molecule has 164 valence electrons. The van der Waals surface area contributed by atoms with Crippen LogP contribution in [0.2, 0.25) is 10.0 Å². The Labute approximate surface area is 200 Å². The maximum absolute atomic E-state index is 12.5. The molecule has 4 rings (SSSR count). The van der Waals surface area contributed by atoms with Gasteiger partial charge in [0, 0.05) is 11.1 Å². The van der Waals surface area contributed by atoms with E-state index < -0.39 is 5.91 Å². The maximum atomic E-state index is 12.5. The summed E-state index contributed by atoms with van der Waals surface area (Å²) in [6.45, 7) is 0. The third-order valence-corrected chi connectivity index (χ3v) is 5.34. The van der Waals surface area contributed by atoms with Gasteiger partial charge in [-0.3, -0.25) is 10.1 Å². The number of benzene rings is 3. The van der Waals surface area contributed by atoms with Crippen molar-refractivity contribution in [1.29, 1.82) is 0 Å². The zero-order chi connectivity index (χ0) is 22.0. The second-order valence-electron chi connectivity index (χ2n) is 6.44. The summed E-state index contributed by atoms with van der Waals surface area (Å²) in [5.41, 5.74) is 3.03. The first kappa shape index (κ1) is 23.5. The van der Waals surface area contributed by atoms with Crippen molar-refractivity contribution in [3.63, 3.8) is 0 Å². The summed E-state index contributed by atoms with van der Waals surface area (Å²) in [5.74, 6) is 0.564. The highest BCUT2D eigenvalue weighted by atomic mass is 35.5. The fourth-order valence-corrected chi connectivity index (χ4v) is 3.40. The molecule has 0 spiro atoms. The summed E-state index contributed by atoms with van der Waals surface area (Å²) in [6, 6.07) is 17.4. The molecule has 3 aromatic carbocycles. The standard InChI is InChI=1S/C22H15Cl2N3O3S.CH4/c1-29-18-9-7-13(21-25-16-4-2-3-5-19(16)30-21)11-17(18)26-22(31)27-20(28)12-6-8-14(23)15(24)10-12;/h2-11H,1H3,(H2,26,27,28,31);1H4. The Morgan fingerprint density at radius 3 is 2.56 bits per heavy atom. The van der Waals surface area contributed by atoms with Gasteiger partial charge in [0.25, 0.3) is 5.91 Å². The number of anilines is 1. The van der Waals surface area contributed by atoms with Crippen LogP contribution in [0.1, 0.15) is 17.8 Å². The summed E-state index contributed by atoms with van der Waals surface area (Å²) in [5, 5.41) is 6.31. The van der Waals surface area contributed by atoms with Gasteiger partial charge in [-0.1, -0.05) is 42.8 Å². The number of rotatable bonds is 4. The van der Waals surface area contributed by atoms with Gasteiger partial charge in [0.2, 0.25) is 5.89 Å². The van der Waals surface area contributed by atoms with E-state index in [9.17, 15) is 4.79 Å². The summed E-state index contributed by atoms with van der Waals surface area (Å²) in [4.78, 5) is 17.0. The van der Waals surface area contributed by atoms with Crippen LogP contribution in [0.5, 0.6) is 5.75 Å². The number of ether oxygens (including phenoxy) is 1. The molecule has 0 fully saturated rings. The fraction of sp³-hybridized carbons (Fsp3) is 0.0870. The normalized spacial score (nSPS) is 10.3. The van der Waals surface area contributed by atoms with Crippen molar-refractivity contribution < 1.29 is 13.9 Å². The van der Waals surface area contributed by atoms with Crippen LogP contribution in [-0.4, -0.2) is 23.1 Å². The molecule has 9 heteroatoms. The Morgan fingerprint density at radius 2 is 1.84 bits per heavy atom. The highest BCUT2D eigenvalue weighted by Crippen LogP contribution is 2.32. The minimum atomic E-state index is -0.426. The average molecular weight is 488 g/mol. The van der Waals surface area contributed by atoms with E-state index in [1.165, 1.54) is 13.2 Å². The number of hydrogen-bond acceptors (Lipinski definition) is 5. The van der Waals surface area contributed by atoms with Gasteiger partial charge in [0.05, 0.1) is 22.8 Å². The molecule has 0 atom stereocenters. The van der Waals surface area contributed by atoms with Crippen LogP contribution in [0.3, 0.4) is 0 Å². The van der Waals surface area contributed by atoms with Crippen LogP contribution in [-0.2, 0) is 0 Å². The van der Waals surface area contributed by atoms with Gasteiger partial charge in [-0.05, 0) is 60.7 Å². The zero-order valence-corrected chi connectivity index (χ0v) is 18.4. The van der Waals surface area contributed by atoms with Crippen molar-refractivity contribution in [2.75, 3.05) is 12.4 Å². The van der Waals surface area contributed by atoms with Gasteiger partial charge in [-0.25, -0.2) is 4.98 Å². The first-order chi connectivity index (χ1) is 14.9. The zero-order valence-electron chi connectivity index (χ0n) is 16.1. The van der Waals surface area contributed by atoms with E-state index in [2.05, 4.69) is 15.6 Å². The van der Waals surface area contributed by atoms with Gasteiger partial charge in [0.1, 0.15) is 11.3 Å². The van der Waals surface area contributed by atoms with Crippen molar-refractivity contribution in [2.45, 2.75) is 7.43 Å². The average Bonchev–Trinajstić information content (AvgIpc) is 3.20. The Balaban J connectivity index is 0.00000289. The highest BCUT2D eigenvalue weighted by Gasteiger charge is 2.14. The summed E-state index contributed by atoms with van der Waals surface area (Å²) >= 11 is 17.2. The van der Waals surface area contributed by atoms with E-state index >= 15 is 0 Å². The molecule has 1 heterocycles. The number of nitrogens with zero attached hydrogens (tertiary/aromatic N) is 1. The molecule has 2 N–H and O–H groups in total. The molecule has 0 bridgehead atoms. The quantitative estimate of drug-likeness (QED) is 0.317. The molecule has 0 aliphatic rings. The molecule has 0 aliphatic heterocycles. The molecule has 6 nitrogen and oxygen atoms in total. The monoisotopic (exact) mass is 487 g/mol. The third-order valence-electron chi connectivity index (χ3n) is 4.40. The van der Waals surface area contributed by atoms with Crippen molar-refractivity contribution in [1.82, 2.24) is 10.3 Å². The van der Waals surface area contributed by atoms with E-state index in [0.29, 0.717) is 33.5 Å². The molecule has 0 unspecified atom stereocenters. The lowest BCUT2D eigenvalue weighted by molar-refractivity contribution is 0.0977. The van der Waals surface area contributed by atoms with Gasteiger partial charge in [-0.2, -0.15) is 0 Å². The van der Waals surface area contributed by atoms with Gasteiger partial charge >= 0.3 is 0 Å². The first-order valence-corrected chi connectivity index (χ1v) is 10.2. The number of nitrogens with one attached hydrogen (secondary N) is 2. The smallest absolute Gasteiger partial charge is 0.257 e. The molecule has 0 aliphatic carbocycles. The molecular formula is C23H19Cl2N3O3S. The second kappa shape index (κ2) is 9.99. The lowest BCUT2D eigenvalue weighted by Crippen LogP contribution is -2.34. The third kappa shape index (κ3) is 5.02. The Hall–Kier alpha value is -3.13. The Kier molecular flexibility index (Phi) is 7.35. The van der Waals surface area contributed by atoms with Gasteiger partial charge < -0.3 is 14.5 Å². The van der Waals surface area contributed by atoms with Crippen molar-refractivity contribution in [2.24, 2.45) is 0 Å². The first-order valence-electron chi connectivity index (χ1n) is 9.06. The number of halogens is 2. The Morgan fingerprint density at radius 1 is 1.06 bits per heavy atom. The molecule has 32 heavy (non-hydrogen) atoms. The molecule has 1 amide bonds. The molecular weight excluding hydrogens is 469 g/mol. The minimum absolute atomic E-state index is 0. The summed E-state index contributed by atoms with van der Waals surface area (Å²) in [7, 11) is 1.54. The number of oxazole rings is 1. The molecule has 1 aromatic heterocycles. The maximum Gasteiger partial charge on any atom is 0.257 e. The van der Waals surface area contributed by atoms with Crippen LogP contribution in [0.15, 0.2) is 65.1 Å². The number of methoxy groups -OCH3 is 1. The lowest BCUT2D eigenvalue weighted by atomic mass is 10.2. The number of carbonyl (C=O) groups excluding carboxylic acids is 1. The second-order valence-corrected chi connectivity index (χ2v) is 7.66. The van der Waals surface area contributed by atoms with E-state index in [1.54, 1.807) is 24.3 Å². The predicted molar refractivity (Wildman–Crippen MR) is 133 cm³/mol. The highest BCUT2D eigenvalue weighted by molar-refractivity contribution is 7.80. The molecule has 4 aromatic rings. The number of fused-ring (bicyclic) bond motifs is 1. The van der Waals surface area contributed by atoms with Crippen LogP contribution in [0.4, 0.5) is 5.69 Å². The number of hydrogen-bond donors (Lipinski definition) is 2. The van der Waals surface area contributed by atoms with Crippen molar-refractivity contribution >= 4 is 63.2 Å². The van der Waals surface area contributed by atoms with Crippen LogP contribution < -0.4 is 15.4 Å². The molecule has 0 saturated carbocycles. The molecule has 0 radical (unpaired) electrons. The minimum Gasteiger partial charge on any atom is -0.495 e. The van der Waals surface area contributed by atoms with E-state index in [4.69, 9.17) is 44.6 Å². The summed E-state index contributed by atoms with van der Waals surface area (Å²) < 4.78 is 11.2. The SMILES string of the molecule is C.COc1ccc(-c2nc3ccccc3o2)cc1NC(=S)NC(=O)c1ccc(Cl)c(Cl)c1. The predicted octanol–water partition coefficient (Wildman–Crippen LogP) is 6.57. The van der Waals surface area contributed by atoms with E-state index in [1.807, 2.05) is 30.3 Å². The largest absolute Gasteiger partial charge is 0.495 e. The fourth-order valence-electron chi connectivity index (χ4n) is 2.90. The Bertz CT molecular complexity index is 1270. The van der Waals surface area contributed by atoms with Crippen LogP contribution in [0, 0.1) is 0 Å². The van der Waals surface area contributed by atoms with E-state index in [-0.39, 0.29) is 17.6 Å². The van der Waals surface area contributed by atoms with Crippen LogP contribution >= 0.6 is 35.4 Å². The van der Waals surface area contributed by atoms with Gasteiger partial charge in [0.15, 0.2) is 10.7 Å². The number of thiocarbonyl (C=S) groups is 1. The number of para-hydroxylation sites is 2. The van der Waals surface area contributed by atoms with Gasteiger partial charge in [-0.15, -0.1) is 0 Å². The topological polar surface area (TPSA) is 76.4 Å². The number of aromatic nitrogens is 1. The van der Waals surface area contributed by atoms with Crippen molar-refractivity contribution in [3.8, 4) is 17.2 Å².